The van der Waals surface area contributed by atoms with Gasteiger partial charge >= 0.3 is 0 Å². The first-order chi connectivity index (χ1) is 13.1. The van der Waals surface area contributed by atoms with E-state index in [4.69, 9.17) is 0 Å². The fourth-order valence-corrected chi connectivity index (χ4v) is 4.13. The van der Waals surface area contributed by atoms with E-state index in [1.165, 1.54) is 17.2 Å². The minimum absolute atomic E-state index is 0.0192. The Morgan fingerprint density at radius 1 is 1.19 bits per heavy atom. The number of nitrogens with zero attached hydrogens (tertiary/aromatic N) is 1. The largest absolute Gasteiger partial charge is 0.395 e. The van der Waals surface area contributed by atoms with Gasteiger partial charge in [-0.1, -0.05) is 60.2 Å². The van der Waals surface area contributed by atoms with Gasteiger partial charge in [0.15, 0.2) is 0 Å². The number of benzene rings is 2. The predicted molar refractivity (Wildman–Crippen MR) is 109 cm³/mol. The Balaban J connectivity index is 1.65. The molecule has 1 aliphatic rings. The van der Waals surface area contributed by atoms with Crippen molar-refractivity contribution in [3.8, 4) is 0 Å². The molecule has 3 rings (SSSR count). The molecule has 2 N–H and O–H groups in total. The number of likely N-dealkylation sites (tertiary alicyclic amines) is 1. The molecule has 0 saturated carbocycles. The molecular weight excluding hydrogens is 339 g/mol. The van der Waals surface area contributed by atoms with Gasteiger partial charge < -0.3 is 10.4 Å². The number of nitrogens with one attached hydrogen (secondary N) is 1. The van der Waals surface area contributed by atoms with E-state index in [0.29, 0.717) is 0 Å². The van der Waals surface area contributed by atoms with Crippen LogP contribution in [-0.4, -0.2) is 42.8 Å². The van der Waals surface area contributed by atoms with Crippen LogP contribution in [0.4, 0.5) is 4.39 Å². The van der Waals surface area contributed by atoms with Gasteiger partial charge in [0.1, 0.15) is 5.82 Å². The molecule has 0 aromatic heterocycles. The quantitative estimate of drug-likeness (QED) is 0.779. The highest BCUT2D eigenvalue weighted by atomic mass is 19.1. The van der Waals surface area contributed by atoms with Gasteiger partial charge in [-0.2, -0.15) is 0 Å². The van der Waals surface area contributed by atoms with Crippen LogP contribution in [0.5, 0.6) is 0 Å². The Labute approximate surface area is 161 Å². The van der Waals surface area contributed by atoms with Crippen molar-refractivity contribution in [2.45, 2.75) is 25.4 Å². The molecule has 27 heavy (non-hydrogen) atoms. The molecule has 0 amide bonds. The summed E-state index contributed by atoms with van der Waals surface area (Å²) in [4.78, 5) is 2.12. The Morgan fingerprint density at radius 2 is 1.89 bits per heavy atom. The summed E-state index contributed by atoms with van der Waals surface area (Å²) < 4.78 is 14.4. The first-order valence-electron chi connectivity index (χ1n) is 9.60. The van der Waals surface area contributed by atoms with E-state index in [2.05, 4.69) is 35.3 Å². The number of aliphatic hydroxyl groups is 1. The number of hydrogen-bond acceptors (Lipinski definition) is 3. The number of halogens is 1. The molecule has 1 saturated heterocycles. The zero-order valence-corrected chi connectivity index (χ0v) is 16.1. The lowest BCUT2D eigenvalue weighted by molar-refractivity contribution is 0.151. The first kappa shape index (κ1) is 19.7. The maximum absolute atomic E-state index is 14.4. The van der Waals surface area contributed by atoms with Crippen LogP contribution in [0.1, 0.15) is 30.5 Å². The van der Waals surface area contributed by atoms with Crippen molar-refractivity contribution in [1.82, 2.24) is 10.2 Å². The van der Waals surface area contributed by atoms with Crippen LogP contribution < -0.4 is 5.32 Å². The molecule has 2 aromatic rings. The molecule has 0 unspecified atom stereocenters. The summed E-state index contributed by atoms with van der Waals surface area (Å²) in [5.41, 5.74) is 3.18. The Kier molecular flexibility index (Phi) is 6.78. The fourth-order valence-electron chi connectivity index (χ4n) is 4.13. The number of likely N-dealkylation sites (N-methyl/N-ethyl adjacent to an activating group) is 1. The SMILES string of the molecule is C/C(=C\c1ccccc1)CNC[C@H]1C[C@@H](CO)N(C)[C@H]1c1ccccc1F. The smallest absolute Gasteiger partial charge is 0.127 e. The summed E-state index contributed by atoms with van der Waals surface area (Å²) in [7, 11) is 1.98. The van der Waals surface area contributed by atoms with Gasteiger partial charge in [-0.15, -0.1) is 0 Å². The van der Waals surface area contributed by atoms with Crippen LogP contribution in [-0.2, 0) is 0 Å². The molecule has 4 heteroatoms. The molecular formula is C23H29FN2O. The highest BCUT2D eigenvalue weighted by molar-refractivity contribution is 5.52. The van der Waals surface area contributed by atoms with Gasteiger partial charge in [0.2, 0.25) is 0 Å². The average molecular weight is 368 g/mol. The highest BCUT2D eigenvalue weighted by Crippen LogP contribution is 2.40. The molecule has 144 valence electrons. The lowest BCUT2D eigenvalue weighted by Gasteiger charge is -2.28. The Bertz CT molecular complexity index is 762. The van der Waals surface area contributed by atoms with Crippen molar-refractivity contribution in [2.24, 2.45) is 5.92 Å². The molecule has 2 aromatic carbocycles. The van der Waals surface area contributed by atoms with E-state index in [0.717, 1.165) is 25.1 Å². The van der Waals surface area contributed by atoms with Gasteiger partial charge in [0.05, 0.1) is 6.61 Å². The van der Waals surface area contributed by atoms with Gasteiger partial charge in [0.25, 0.3) is 0 Å². The van der Waals surface area contributed by atoms with Crippen LogP contribution in [0, 0.1) is 11.7 Å². The lowest BCUT2D eigenvalue weighted by Crippen LogP contribution is -2.32. The van der Waals surface area contributed by atoms with Crippen LogP contribution in [0.3, 0.4) is 0 Å². The van der Waals surface area contributed by atoms with Crippen molar-refractivity contribution in [3.05, 3.63) is 77.1 Å². The van der Waals surface area contributed by atoms with Crippen LogP contribution in [0.2, 0.25) is 0 Å². The lowest BCUT2D eigenvalue weighted by atomic mass is 9.92. The van der Waals surface area contributed by atoms with Gasteiger partial charge in [-0.05, 0) is 37.9 Å². The Morgan fingerprint density at radius 3 is 2.59 bits per heavy atom. The minimum atomic E-state index is -0.168. The molecule has 1 fully saturated rings. The van der Waals surface area contributed by atoms with E-state index >= 15 is 0 Å². The number of hydrogen-bond donors (Lipinski definition) is 2. The zero-order valence-electron chi connectivity index (χ0n) is 16.1. The number of rotatable bonds is 7. The van der Waals surface area contributed by atoms with Gasteiger partial charge in [-0.3, -0.25) is 4.90 Å². The molecule has 1 aliphatic heterocycles. The number of aliphatic hydroxyl groups excluding tert-OH is 1. The molecule has 0 aliphatic carbocycles. The molecule has 3 atom stereocenters. The second-order valence-electron chi connectivity index (χ2n) is 7.50. The molecule has 0 radical (unpaired) electrons. The van der Waals surface area contributed by atoms with Crippen LogP contribution >= 0.6 is 0 Å². The first-order valence-corrected chi connectivity index (χ1v) is 9.60. The summed E-state index contributed by atoms with van der Waals surface area (Å²) in [5, 5.41) is 13.2. The topological polar surface area (TPSA) is 35.5 Å². The van der Waals surface area contributed by atoms with Crippen molar-refractivity contribution < 1.29 is 9.50 Å². The summed E-state index contributed by atoms with van der Waals surface area (Å²) in [6.07, 6.45) is 3.04. The summed E-state index contributed by atoms with van der Waals surface area (Å²) >= 11 is 0. The van der Waals surface area contributed by atoms with Crippen molar-refractivity contribution in [1.29, 1.82) is 0 Å². The summed E-state index contributed by atoms with van der Waals surface area (Å²) in [6, 6.07) is 17.3. The standard InChI is InChI=1S/C23H29FN2O/c1-17(12-18-8-4-3-5-9-18)14-25-15-19-13-20(16-27)26(2)23(19)21-10-6-7-11-22(21)24/h3-12,19-20,23,25,27H,13-16H2,1-2H3/b17-12+/t19-,20+,23-/m1/s1. The highest BCUT2D eigenvalue weighted by Gasteiger charge is 2.40. The van der Waals surface area contributed by atoms with Gasteiger partial charge in [0, 0.05) is 30.7 Å². The van der Waals surface area contributed by atoms with E-state index in [1.54, 1.807) is 6.07 Å². The van der Waals surface area contributed by atoms with Crippen LogP contribution in [0.15, 0.2) is 60.2 Å². The van der Waals surface area contributed by atoms with Crippen molar-refractivity contribution in [3.63, 3.8) is 0 Å². The third kappa shape index (κ3) is 4.83. The third-order valence-electron chi connectivity index (χ3n) is 5.49. The molecule has 1 heterocycles. The Hall–Kier alpha value is -2.01. The zero-order chi connectivity index (χ0) is 19.2. The maximum atomic E-state index is 14.4. The van der Waals surface area contributed by atoms with Crippen molar-refractivity contribution >= 4 is 6.08 Å². The fraction of sp³-hybridized carbons (Fsp3) is 0.391. The second-order valence-corrected chi connectivity index (χ2v) is 7.50. The van der Waals surface area contributed by atoms with Crippen LogP contribution in [0.25, 0.3) is 6.08 Å². The minimum Gasteiger partial charge on any atom is -0.395 e. The molecule has 0 bridgehead atoms. The summed E-state index contributed by atoms with van der Waals surface area (Å²) in [5.74, 6) is 0.0895. The monoisotopic (exact) mass is 368 g/mol. The predicted octanol–water partition coefficient (Wildman–Crippen LogP) is 3.87. The van der Waals surface area contributed by atoms with E-state index in [-0.39, 0.29) is 30.4 Å². The van der Waals surface area contributed by atoms with E-state index in [9.17, 15) is 9.50 Å². The van der Waals surface area contributed by atoms with Gasteiger partial charge in [-0.25, -0.2) is 4.39 Å². The van der Waals surface area contributed by atoms with E-state index < -0.39 is 0 Å². The average Bonchev–Trinajstić information content (AvgIpc) is 2.98. The van der Waals surface area contributed by atoms with E-state index in [1.807, 2.05) is 37.4 Å². The molecule has 3 nitrogen and oxygen atoms in total. The van der Waals surface area contributed by atoms with Crippen molar-refractivity contribution in [2.75, 3.05) is 26.7 Å². The maximum Gasteiger partial charge on any atom is 0.127 e. The summed E-state index contributed by atoms with van der Waals surface area (Å²) in [6.45, 7) is 3.80. The second kappa shape index (κ2) is 9.27. The normalized spacial score (nSPS) is 23.7. The molecule has 0 spiro atoms. The third-order valence-corrected chi connectivity index (χ3v) is 5.49.